The van der Waals surface area contributed by atoms with Gasteiger partial charge in [-0.25, -0.2) is 4.98 Å². The van der Waals surface area contributed by atoms with Crippen molar-refractivity contribution in [2.45, 2.75) is 0 Å². The molecule has 3 N–H and O–H groups in total. The number of hydrogen-bond acceptors (Lipinski definition) is 4. The van der Waals surface area contributed by atoms with Gasteiger partial charge >= 0.3 is 0 Å². The predicted molar refractivity (Wildman–Crippen MR) is 73.6 cm³/mol. The lowest BCUT2D eigenvalue weighted by Gasteiger charge is -2.02. The van der Waals surface area contributed by atoms with Gasteiger partial charge in [-0.1, -0.05) is 0 Å². The van der Waals surface area contributed by atoms with Crippen LogP contribution in [0.2, 0.25) is 0 Å². The van der Waals surface area contributed by atoms with Gasteiger partial charge in [-0.05, 0) is 40.8 Å². The number of anilines is 2. The number of halogens is 1. The van der Waals surface area contributed by atoms with Crippen molar-refractivity contribution in [2.24, 2.45) is 0 Å². The lowest BCUT2D eigenvalue weighted by atomic mass is 10.3. The van der Waals surface area contributed by atoms with Crippen molar-refractivity contribution in [3.8, 4) is 0 Å². The molecule has 2 aromatic heterocycles. The Morgan fingerprint density at radius 1 is 1.50 bits per heavy atom. The van der Waals surface area contributed by atoms with Crippen LogP contribution >= 0.6 is 33.9 Å². The van der Waals surface area contributed by atoms with Crippen molar-refractivity contribution in [1.29, 1.82) is 0 Å². The number of thiophene rings is 1. The van der Waals surface area contributed by atoms with Crippen molar-refractivity contribution in [3.05, 3.63) is 38.2 Å². The molecule has 0 spiro atoms. The van der Waals surface area contributed by atoms with Crippen LogP contribution in [0.25, 0.3) is 0 Å². The molecule has 0 bridgehead atoms. The number of nitrogens with one attached hydrogen (secondary N) is 1. The number of carbonyl (C=O) groups is 1. The summed E-state index contributed by atoms with van der Waals surface area (Å²) in [7, 11) is 0. The predicted octanol–water partition coefficient (Wildman–Crippen LogP) is 2.58. The molecule has 4 nitrogen and oxygen atoms in total. The number of nitrogens with two attached hydrogens (primary N) is 1. The second kappa shape index (κ2) is 4.79. The summed E-state index contributed by atoms with van der Waals surface area (Å²) in [6, 6.07) is 5.20. The van der Waals surface area contributed by atoms with Crippen LogP contribution in [0.1, 0.15) is 10.4 Å². The van der Waals surface area contributed by atoms with Crippen LogP contribution < -0.4 is 11.1 Å². The van der Waals surface area contributed by atoms with E-state index in [0.717, 1.165) is 2.88 Å². The molecule has 2 aromatic rings. The second-order valence-corrected chi connectivity index (χ2v) is 5.87. The molecule has 82 valence electrons. The van der Waals surface area contributed by atoms with Crippen LogP contribution in [0, 0.1) is 2.88 Å². The number of carbonyl (C=O) groups excluding carboxylic acids is 1. The molecule has 0 atom stereocenters. The minimum Gasteiger partial charge on any atom is -0.384 e. The van der Waals surface area contributed by atoms with Crippen molar-refractivity contribution in [3.63, 3.8) is 0 Å². The maximum Gasteiger partial charge on any atom is 0.256 e. The molecule has 2 rings (SSSR count). The molecule has 0 saturated heterocycles. The molecular formula is C10H8IN3OS. The fraction of sp³-hybridized carbons (Fsp3) is 0. The smallest absolute Gasteiger partial charge is 0.256 e. The lowest BCUT2D eigenvalue weighted by molar-refractivity contribution is 0.102. The Morgan fingerprint density at radius 3 is 2.88 bits per heavy atom. The van der Waals surface area contributed by atoms with Crippen LogP contribution in [-0.2, 0) is 0 Å². The molecule has 2 heterocycles. The highest BCUT2D eigenvalue weighted by Crippen LogP contribution is 2.18. The van der Waals surface area contributed by atoms with E-state index >= 15 is 0 Å². The second-order valence-electron chi connectivity index (χ2n) is 3.07. The van der Waals surface area contributed by atoms with Crippen molar-refractivity contribution < 1.29 is 4.79 Å². The van der Waals surface area contributed by atoms with E-state index in [-0.39, 0.29) is 5.91 Å². The van der Waals surface area contributed by atoms with Gasteiger partial charge in [0.2, 0.25) is 0 Å². The van der Waals surface area contributed by atoms with Gasteiger partial charge in [0, 0.05) is 5.38 Å². The zero-order chi connectivity index (χ0) is 11.5. The van der Waals surface area contributed by atoms with Crippen LogP contribution in [-0.4, -0.2) is 10.9 Å². The molecular weight excluding hydrogens is 337 g/mol. The van der Waals surface area contributed by atoms with Gasteiger partial charge in [0.05, 0.1) is 20.3 Å². The lowest BCUT2D eigenvalue weighted by Crippen LogP contribution is -2.11. The first-order chi connectivity index (χ1) is 7.65. The van der Waals surface area contributed by atoms with Crippen LogP contribution in [0.15, 0.2) is 29.8 Å². The molecule has 1 amide bonds. The van der Waals surface area contributed by atoms with E-state index in [2.05, 4.69) is 32.9 Å². The molecule has 0 aromatic carbocycles. The first-order valence-corrected chi connectivity index (χ1v) is 6.38. The summed E-state index contributed by atoms with van der Waals surface area (Å²) in [5, 5.41) is 4.57. The summed E-state index contributed by atoms with van der Waals surface area (Å²) >= 11 is 3.71. The Kier molecular flexibility index (Phi) is 3.39. The molecule has 0 fully saturated rings. The van der Waals surface area contributed by atoms with Gasteiger partial charge in [-0.3, -0.25) is 4.79 Å². The van der Waals surface area contributed by atoms with Crippen molar-refractivity contribution in [1.82, 2.24) is 4.98 Å². The molecule has 0 aliphatic rings. The SMILES string of the molecule is Nc1ccc(NC(=O)c2csc(I)c2)cn1. The van der Waals surface area contributed by atoms with E-state index in [1.165, 1.54) is 17.5 Å². The maximum absolute atomic E-state index is 11.7. The Bertz CT molecular complexity index is 509. The number of nitrogens with zero attached hydrogens (tertiary/aromatic N) is 1. The Hall–Kier alpha value is -1.15. The Labute approximate surface area is 110 Å². The molecule has 0 unspecified atom stereocenters. The molecule has 0 radical (unpaired) electrons. The zero-order valence-electron chi connectivity index (χ0n) is 8.11. The zero-order valence-corrected chi connectivity index (χ0v) is 11.1. The third-order valence-corrected chi connectivity index (χ3v) is 3.66. The minimum absolute atomic E-state index is 0.134. The Balaban J connectivity index is 2.10. The third-order valence-electron chi connectivity index (χ3n) is 1.87. The fourth-order valence-electron chi connectivity index (χ4n) is 1.11. The summed E-state index contributed by atoms with van der Waals surface area (Å²) in [6.45, 7) is 0. The highest BCUT2D eigenvalue weighted by molar-refractivity contribution is 14.1. The standard InChI is InChI=1S/C10H8IN3OS/c11-8-3-6(5-16-8)10(15)14-7-1-2-9(12)13-4-7/h1-5H,(H2,12,13)(H,14,15). The fourth-order valence-corrected chi connectivity index (χ4v) is 2.44. The first-order valence-electron chi connectivity index (χ1n) is 4.42. The van der Waals surface area contributed by atoms with Crippen LogP contribution in [0.3, 0.4) is 0 Å². The number of rotatable bonds is 2. The summed E-state index contributed by atoms with van der Waals surface area (Å²) in [5.74, 6) is 0.300. The normalized spacial score (nSPS) is 10.1. The monoisotopic (exact) mass is 345 g/mol. The quantitative estimate of drug-likeness (QED) is 0.822. The van der Waals surface area contributed by atoms with Gasteiger partial charge in [0.15, 0.2) is 0 Å². The first kappa shape index (κ1) is 11.3. The molecule has 0 aliphatic heterocycles. The van der Waals surface area contributed by atoms with Crippen LogP contribution in [0.5, 0.6) is 0 Å². The number of pyridine rings is 1. The highest BCUT2D eigenvalue weighted by Gasteiger charge is 2.07. The highest BCUT2D eigenvalue weighted by atomic mass is 127. The van der Waals surface area contributed by atoms with E-state index in [1.807, 2.05) is 11.4 Å². The summed E-state index contributed by atoms with van der Waals surface area (Å²) in [6.07, 6.45) is 1.53. The van der Waals surface area contributed by atoms with Gasteiger partial charge in [0.1, 0.15) is 5.82 Å². The molecule has 0 aliphatic carbocycles. The van der Waals surface area contributed by atoms with E-state index in [9.17, 15) is 4.79 Å². The van der Waals surface area contributed by atoms with E-state index in [1.54, 1.807) is 12.1 Å². The number of amides is 1. The topological polar surface area (TPSA) is 68.0 Å². The van der Waals surface area contributed by atoms with E-state index in [4.69, 9.17) is 5.73 Å². The van der Waals surface area contributed by atoms with E-state index in [0.29, 0.717) is 17.1 Å². The van der Waals surface area contributed by atoms with Gasteiger partial charge in [-0.15, -0.1) is 11.3 Å². The Morgan fingerprint density at radius 2 is 2.31 bits per heavy atom. The van der Waals surface area contributed by atoms with E-state index < -0.39 is 0 Å². The maximum atomic E-state index is 11.7. The molecule has 0 saturated carbocycles. The third kappa shape index (κ3) is 2.70. The van der Waals surface area contributed by atoms with Crippen molar-refractivity contribution >= 4 is 51.3 Å². The minimum atomic E-state index is -0.134. The number of nitrogen functional groups attached to an aromatic ring is 1. The van der Waals surface area contributed by atoms with Crippen molar-refractivity contribution in [2.75, 3.05) is 11.1 Å². The van der Waals surface area contributed by atoms with Crippen LogP contribution in [0.4, 0.5) is 11.5 Å². The molecule has 6 heteroatoms. The summed E-state index contributed by atoms with van der Waals surface area (Å²) in [4.78, 5) is 15.6. The summed E-state index contributed by atoms with van der Waals surface area (Å²) < 4.78 is 1.08. The average molecular weight is 345 g/mol. The van der Waals surface area contributed by atoms with Gasteiger partial charge < -0.3 is 11.1 Å². The summed E-state index contributed by atoms with van der Waals surface area (Å²) in [5.41, 5.74) is 6.75. The largest absolute Gasteiger partial charge is 0.384 e. The number of aromatic nitrogens is 1. The number of hydrogen-bond donors (Lipinski definition) is 2. The molecule has 16 heavy (non-hydrogen) atoms. The average Bonchev–Trinajstić information content (AvgIpc) is 2.68. The van der Waals surface area contributed by atoms with Gasteiger partial charge in [-0.2, -0.15) is 0 Å². The van der Waals surface area contributed by atoms with Gasteiger partial charge in [0.25, 0.3) is 5.91 Å².